The van der Waals surface area contributed by atoms with E-state index in [1.165, 1.54) is 37.3 Å². The summed E-state index contributed by atoms with van der Waals surface area (Å²) in [5.41, 5.74) is 1.71. The number of sulfonamides is 1. The Morgan fingerprint density at radius 2 is 1.60 bits per heavy atom. The van der Waals surface area contributed by atoms with Gasteiger partial charge in [-0.2, -0.15) is 0 Å². The zero-order valence-electron chi connectivity index (χ0n) is 25.5. The van der Waals surface area contributed by atoms with Crippen LogP contribution in [0.15, 0.2) is 71.6 Å². The Hall–Kier alpha value is -3.76. The van der Waals surface area contributed by atoms with Crippen LogP contribution >= 0.6 is 11.6 Å². The van der Waals surface area contributed by atoms with Gasteiger partial charge in [-0.1, -0.05) is 68.3 Å². The van der Waals surface area contributed by atoms with Crippen molar-refractivity contribution < 1.29 is 27.5 Å². The third kappa shape index (κ3) is 8.42. The number of rotatable bonds is 14. The molecular weight excluding hydrogens is 590 g/mol. The number of anilines is 1. The van der Waals surface area contributed by atoms with E-state index in [0.717, 1.165) is 9.87 Å². The molecule has 9 nitrogen and oxygen atoms in total. The molecule has 0 heterocycles. The van der Waals surface area contributed by atoms with E-state index in [4.69, 9.17) is 21.1 Å². The van der Waals surface area contributed by atoms with Gasteiger partial charge in [0.2, 0.25) is 11.8 Å². The van der Waals surface area contributed by atoms with Gasteiger partial charge in [0.15, 0.2) is 11.5 Å². The van der Waals surface area contributed by atoms with Crippen molar-refractivity contribution in [2.75, 3.05) is 31.6 Å². The fraction of sp³-hybridized carbons (Fsp3) is 0.375. The van der Waals surface area contributed by atoms with Crippen LogP contribution in [-0.4, -0.2) is 58.5 Å². The summed E-state index contributed by atoms with van der Waals surface area (Å²) in [5.74, 6) is 0.00410. The highest BCUT2D eigenvalue weighted by Crippen LogP contribution is 2.34. The molecule has 0 spiro atoms. The van der Waals surface area contributed by atoms with E-state index in [-0.39, 0.29) is 29.0 Å². The predicted octanol–water partition coefficient (Wildman–Crippen LogP) is 5.44. The van der Waals surface area contributed by atoms with Crippen LogP contribution in [0.5, 0.6) is 11.5 Å². The molecule has 1 N–H and O–H groups in total. The van der Waals surface area contributed by atoms with Crippen molar-refractivity contribution >= 4 is 39.1 Å². The second-order valence-corrected chi connectivity index (χ2v) is 12.8. The third-order valence-corrected chi connectivity index (χ3v) is 9.07. The first-order chi connectivity index (χ1) is 20.4. The second-order valence-electron chi connectivity index (χ2n) is 10.5. The average molecular weight is 630 g/mol. The summed E-state index contributed by atoms with van der Waals surface area (Å²) in [5, 5.41) is 3.35. The number of nitrogens with zero attached hydrogens (tertiary/aromatic N) is 2. The standard InChI is InChI=1S/C32H40ClN3O6S/c1-7-28(32(38)34-19-22(2)3)35(20-24-10-8-9-11-27(24)33)31(37)21-36(25-14-17-29(41-5)30(18-25)42-6)43(39,40)26-15-12-23(4)13-16-26/h8-18,22,28H,7,19-21H2,1-6H3,(H,34,38). The molecule has 0 aromatic heterocycles. The molecule has 2 amide bonds. The molecule has 3 rings (SSSR count). The van der Waals surface area contributed by atoms with Crippen molar-refractivity contribution in [1.82, 2.24) is 10.2 Å². The highest BCUT2D eigenvalue weighted by Gasteiger charge is 2.34. The quantitative estimate of drug-likeness (QED) is 0.255. The molecule has 11 heteroatoms. The molecule has 3 aromatic rings. The Morgan fingerprint density at radius 3 is 2.19 bits per heavy atom. The van der Waals surface area contributed by atoms with Crippen LogP contribution in [-0.2, 0) is 26.2 Å². The van der Waals surface area contributed by atoms with Crippen LogP contribution in [0.25, 0.3) is 0 Å². The van der Waals surface area contributed by atoms with E-state index >= 15 is 0 Å². The fourth-order valence-electron chi connectivity index (χ4n) is 4.50. The van der Waals surface area contributed by atoms with Crippen molar-refractivity contribution in [2.45, 2.75) is 51.6 Å². The monoisotopic (exact) mass is 629 g/mol. The summed E-state index contributed by atoms with van der Waals surface area (Å²) in [7, 11) is -1.32. The lowest BCUT2D eigenvalue weighted by atomic mass is 10.1. The molecule has 1 unspecified atom stereocenters. The van der Waals surface area contributed by atoms with Gasteiger partial charge in [0.25, 0.3) is 10.0 Å². The first-order valence-corrected chi connectivity index (χ1v) is 15.9. The molecule has 0 aliphatic carbocycles. The predicted molar refractivity (Wildman–Crippen MR) is 169 cm³/mol. The number of hydrogen-bond donors (Lipinski definition) is 1. The first kappa shape index (κ1) is 33.7. The summed E-state index contributed by atoms with van der Waals surface area (Å²) in [4.78, 5) is 29.0. The van der Waals surface area contributed by atoms with E-state index in [1.807, 2.05) is 27.7 Å². The minimum atomic E-state index is -4.24. The molecule has 0 radical (unpaired) electrons. The lowest BCUT2D eigenvalue weighted by Crippen LogP contribution is -2.52. The maximum Gasteiger partial charge on any atom is 0.264 e. The number of nitrogens with one attached hydrogen (secondary N) is 1. The van der Waals surface area contributed by atoms with Crippen LogP contribution in [0.3, 0.4) is 0 Å². The van der Waals surface area contributed by atoms with Gasteiger partial charge in [-0.05, 0) is 55.2 Å². The van der Waals surface area contributed by atoms with Crippen LogP contribution < -0.4 is 19.1 Å². The maximum atomic E-state index is 14.2. The molecule has 0 aliphatic rings. The Kier molecular flexibility index (Phi) is 11.9. The molecule has 232 valence electrons. The molecule has 43 heavy (non-hydrogen) atoms. The van der Waals surface area contributed by atoms with Crippen LogP contribution in [0.4, 0.5) is 5.69 Å². The molecule has 0 fully saturated rings. The molecule has 0 aliphatic heterocycles. The van der Waals surface area contributed by atoms with E-state index in [0.29, 0.717) is 35.1 Å². The van der Waals surface area contributed by atoms with Crippen LogP contribution in [0, 0.1) is 12.8 Å². The van der Waals surface area contributed by atoms with Gasteiger partial charge < -0.3 is 19.7 Å². The number of amides is 2. The molecule has 0 saturated carbocycles. The second kappa shape index (κ2) is 15.1. The van der Waals surface area contributed by atoms with Gasteiger partial charge in [0.1, 0.15) is 12.6 Å². The Labute approximate surface area is 259 Å². The first-order valence-electron chi connectivity index (χ1n) is 14.0. The zero-order valence-corrected chi connectivity index (χ0v) is 27.0. The molecular formula is C32H40ClN3O6S. The Balaban J connectivity index is 2.12. The largest absolute Gasteiger partial charge is 0.493 e. The molecule has 0 bridgehead atoms. The topological polar surface area (TPSA) is 105 Å². The summed E-state index contributed by atoms with van der Waals surface area (Å²) in [6.07, 6.45) is 0.307. The SMILES string of the molecule is CCC(C(=O)NCC(C)C)N(Cc1ccccc1Cl)C(=O)CN(c1ccc(OC)c(OC)c1)S(=O)(=O)c1ccc(C)cc1. The summed E-state index contributed by atoms with van der Waals surface area (Å²) < 4.78 is 40.0. The number of aryl methyl sites for hydroxylation is 1. The van der Waals surface area contributed by atoms with E-state index < -0.39 is 28.5 Å². The molecule has 0 saturated heterocycles. The highest BCUT2D eigenvalue weighted by atomic mass is 35.5. The van der Waals surface area contributed by atoms with Crippen molar-refractivity contribution in [3.63, 3.8) is 0 Å². The number of benzene rings is 3. The zero-order chi connectivity index (χ0) is 31.7. The molecule has 3 aromatic carbocycles. The van der Waals surface area contributed by atoms with Gasteiger partial charge in [-0.15, -0.1) is 0 Å². The van der Waals surface area contributed by atoms with Gasteiger partial charge in [-0.25, -0.2) is 8.42 Å². The number of carbonyl (C=O) groups excluding carboxylic acids is 2. The van der Waals surface area contributed by atoms with Crippen molar-refractivity contribution in [3.05, 3.63) is 82.9 Å². The normalized spacial score (nSPS) is 12.0. The smallest absolute Gasteiger partial charge is 0.264 e. The van der Waals surface area contributed by atoms with Crippen molar-refractivity contribution in [3.8, 4) is 11.5 Å². The van der Waals surface area contributed by atoms with Gasteiger partial charge >= 0.3 is 0 Å². The third-order valence-electron chi connectivity index (χ3n) is 6.91. The van der Waals surface area contributed by atoms with Gasteiger partial charge in [0, 0.05) is 24.2 Å². The van der Waals surface area contributed by atoms with Crippen molar-refractivity contribution in [1.29, 1.82) is 0 Å². The summed E-state index contributed by atoms with van der Waals surface area (Å²) in [6, 6.07) is 17.2. The number of methoxy groups -OCH3 is 2. The number of carbonyl (C=O) groups is 2. The van der Waals surface area contributed by atoms with E-state index in [2.05, 4.69) is 5.32 Å². The van der Waals surface area contributed by atoms with E-state index in [9.17, 15) is 18.0 Å². The minimum Gasteiger partial charge on any atom is -0.493 e. The lowest BCUT2D eigenvalue weighted by Gasteiger charge is -2.33. The Bertz CT molecular complexity index is 1510. The fourth-order valence-corrected chi connectivity index (χ4v) is 6.10. The molecule has 1 atom stereocenters. The van der Waals surface area contributed by atoms with Gasteiger partial charge in [-0.3, -0.25) is 13.9 Å². The lowest BCUT2D eigenvalue weighted by molar-refractivity contribution is -0.140. The summed E-state index contributed by atoms with van der Waals surface area (Å²) >= 11 is 6.46. The van der Waals surface area contributed by atoms with Gasteiger partial charge in [0.05, 0.1) is 24.8 Å². The van der Waals surface area contributed by atoms with Crippen LogP contribution in [0.2, 0.25) is 5.02 Å². The minimum absolute atomic E-state index is 0.0104. The van der Waals surface area contributed by atoms with Crippen molar-refractivity contribution in [2.24, 2.45) is 5.92 Å². The van der Waals surface area contributed by atoms with Crippen LogP contribution in [0.1, 0.15) is 38.3 Å². The summed E-state index contributed by atoms with van der Waals surface area (Å²) in [6.45, 7) is 7.48. The number of ether oxygens (including phenoxy) is 2. The maximum absolute atomic E-state index is 14.2. The van der Waals surface area contributed by atoms with E-state index in [1.54, 1.807) is 48.5 Å². The average Bonchev–Trinajstić information content (AvgIpc) is 2.99. The number of hydrogen-bond acceptors (Lipinski definition) is 6. The highest BCUT2D eigenvalue weighted by molar-refractivity contribution is 7.92. The Morgan fingerprint density at radius 1 is 0.953 bits per heavy atom. The number of halogens is 1.